The second-order valence-electron chi connectivity index (χ2n) is 16.1. The van der Waals surface area contributed by atoms with Gasteiger partial charge in [-0.25, -0.2) is 19.2 Å². The van der Waals surface area contributed by atoms with Gasteiger partial charge in [0.05, 0.1) is 31.0 Å². The minimum atomic E-state index is -1.47. The third-order valence-electron chi connectivity index (χ3n) is 10.3. The molecular formula is C42H44N4O10. The number of aromatic nitrogens is 1. The molecule has 0 N–H and O–H groups in total. The molecule has 0 aliphatic carbocycles. The van der Waals surface area contributed by atoms with Gasteiger partial charge in [0.15, 0.2) is 0 Å². The van der Waals surface area contributed by atoms with E-state index in [4.69, 9.17) is 18.9 Å². The number of carbonyl (C=O) groups is 6. The molecule has 3 aliphatic heterocycles. The van der Waals surface area contributed by atoms with E-state index in [1.165, 1.54) is 36.2 Å². The number of hydrogen-bond acceptors (Lipinski definition) is 10. The third kappa shape index (κ3) is 6.03. The quantitative estimate of drug-likeness (QED) is 0.129. The fraction of sp³-hybridized carbons (Fsp3) is 0.381. The summed E-state index contributed by atoms with van der Waals surface area (Å²) >= 11 is 0. The van der Waals surface area contributed by atoms with E-state index >= 15 is 0 Å². The number of esters is 2. The zero-order valence-corrected chi connectivity index (χ0v) is 32.5. The number of methoxy groups -OCH3 is 2. The highest BCUT2D eigenvalue weighted by Gasteiger charge is 2.68. The molecule has 0 spiro atoms. The lowest BCUT2D eigenvalue weighted by atomic mass is 9.85. The van der Waals surface area contributed by atoms with Crippen molar-refractivity contribution < 1.29 is 47.7 Å². The van der Waals surface area contributed by atoms with Crippen LogP contribution < -0.4 is 4.90 Å². The molecule has 0 saturated carbocycles. The highest BCUT2D eigenvalue weighted by Crippen LogP contribution is 2.57. The molecule has 4 aromatic rings. The second kappa shape index (κ2) is 13.5. The number of ether oxygens (including phenoxy) is 4. The standard InChI is InChI=1S/C42H44N4O10/c1-40(2,3)55-38(51)44-30-20-14-12-18-28(30)42(23-32(36(50)54-8)45(37(42)44)39(52)56-41(4,5)6)46-25(21-24-15-9-13-19-29(24)46)22-31(35(49)53-7)43-33(47)26-16-10-11-17-27(26)34(43)48/h9-21,31-32,37H,22-23H2,1-8H3/t31-,32-,37+,42-/m0/s1. The van der Waals surface area contributed by atoms with Crippen molar-refractivity contribution in [1.82, 2.24) is 14.4 Å². The van der Waals surface area contributed by atoms with Gasteiger partial charge in [-0.15, -0.1) is 0 Å². The van der Waals surface area contributed by atoms with Gasteiger partial charge in [0.2, 0.25) is 0 Å². The number of imide groups is 1. The second-order valence-corrected chi connectivity index (χ2v) is 16.1. The van der Waals surface area contributed by atoms with E-state index in [9.17, 15) is 28.8 Å². The first kappa shape index (κ1) is 38.1. The molecule has 56 heavy (non-hydrogen) atoms. The molecule has 4 atom stereocenters. The number of likely N-dealkylation sites (tertiary alicyclic amines) is 1. The van der Waals surface area contributed by atoms with Gasteiger partial charge >= 0.3 is 24.1 Å². The number of hydrogen-bond donors (Lipinski definition) is 0. The van der Waals surface area contributed by atoms with Crippen LogP contribution in [0, 0.1) is 0 Å². The first-order chi connectivity index (χ1) is 26.4. The zero-order chi connectivity index (χ0) is 40.5. The Hall–Kier alpha value is -6.18. The van der Waals surface area contributed by atoms with Crippen LogP contribution >= 0.6 is 0 Å². The predicted octanol–water partition coefficient (Wildman–Crippen LogP) is 6.03. The third-order valence-corrected chi connectivity index (χ3v) is 10.3. The van der Waals surface area contributed by atoms with Crippen LogP contribution in [-0.4, -0.2) is 94.0 Å². The van der Waals surface area contributed by atoms with Gasteiger partial charge in [-0.3, -0.25) is 24.3 Å². The molecule has 4 heterocycles. The minimum absolute atomic E-state index is 0.110. The van der Waals surface area contributed by atoms with Gasteiger partial charge in [0, 0.05) is 29.6 Å². The lowest BCUT2D eigenvalue weighted by molar-refractivity contribution is -0.146. The summed E-state index contributed by atoms with van der Waals surface area (Å²) in [6.07, 6.45) is -3.30. The number of para-hydroxylation sites is 2. The average Bonchev–Trinajstić information content (AvgIpc) is 3.83. The Morgan fingerprint density at radius 2 is 1.34 bits per heavy atom. The molecule has 0 unspecified atom stereocenters. The van der Waals surface area contributed by atoms with E-state index in [-0.39, 0.29) is 24.0 Å². The number of rotatable bonds is 6. The van der Waals surface area contributed by atoms with E-state index in [2.05, 4.69) is 0 Å². The van der Waals surface area contributed by atoms with Crippen LogP contribution in [0.5, 0.6) is 0 Å². The monoisotopic (exact) mass is 764 g/mol. The van der Waals surface area contributed by atoms with Crippen LogP contribution in [0.25, 0.3) is 10.9 Å². The summed E-state index contributed by atoms with van der Waals surface area (Å²) in [5, 5.41) is 0.708. The Bertz CT molecular complexity index is 2270. The van der Waals surface area contributed by atoms with Gasteiger partial charge in [-0.05, 0) is 77.3 Å². The van der Waals surface area contributed by atoms with Crippen LogP contribution in [0.4, 0.5) is 15.3 Å². The Balaban J connectivity index is 1.51. The topological polar surface area (TPSA) is 154 Å². The van der Waals surface area contributed by atoms with Gasteiger partial charge in [-0.2, -0.15) is 0 Å². The van der Waals surface area contributed by atoms with Crippen molar-refractivity contribution in [3.8, 4) is 0 Å². The van der Waals surface area contributed by atoms with Crippen LogP contribution in [-0.2, 0) is 40.5 Å². The largest absolute Gasteiger partial charge is 0.467 e. The number of benzene rings is 3. The summed E-state index contributed by atoms with van der Waals surface area (Å²) in [7, 11) is 2.40. The Morgan fingerprint density at radius 3 is 1.95 bits per heavy atom. The molecule has 1 saturated heterocycles. The van der Waals surface area contributed by atoms with Crippen molar-refractivity contribution in [3.63, 3.8) is 0 Å². The van der Waals surface area contributed by atoms with Crippen molar-refractivity contribution in [1.29, 1.82) is 0 Å². The van der Waals surface area contributed by atoms with Crippen molar-refractivity contribution in [2.24, 2.45) is 0 Å². The Labute approximate surface area is 323 Å². The molecule has 0 bridgehead atoms. The molecule has 292 valence electrons. The molecule has 3 aromatic carbocycles. The van der Waals surface area contributed by atoms with Gasteiger partial charge < -0.3 is 23.5 Å². The lowest BCUT2D eigenvalue weighted by Gasteiger charge is -2.40. The number of amides is 4. The predicted molar refractivity (Wildman–Crippen MR) is 203 cm³/mol. The average molecular weight is 765 g/mol. The molecule has 1 aromatic heterocycles. The number of nitrogens with zero attached hydrogens (tertiary/aromatic N) is 4. The summed E-state index contributed by atoms with van der Waals surface area (Å²) in [5.74, 6) is -2.88. The van der Waals surface area contributed by atoms with Crippen molar-refractivity contribution in [2.45, 2.75) is 89.4 Å². The van der Waals surface area contributed by atoms with Gasteiger partial charge in [0.1, 0.15) is 35.0 Å². The van der Waals surface area contributed by atoms with Crippen LogP contribution in [0.3, 0.4) is 0 Å². The first-order valence-corrected chi connectivity index (χ1v) is 18.3. The van der Waals surface area contributed by atoms with Crippen LogP contribution in [0.15, 0.2) is 78.9 Å². The maximum Gasteiger partial charge on any atom is 0.416 e. The first-order valence-electron chi connectivity index (χ1n) is 18.3. The Kier molecular flexibility index (Phi) is 9.21. The molecule has 0 radical (unpaired) electrons. The van der Waals surface area contributed by atoms with E-state index in [0.717, 1.165) is 4.90 Å². The number of carbonyl (C=O) groups excluding carboxylic acids is 6. The summed E-state index contributed by atoms with van der Waals surface area (Å²) in [4.78, 5) is 88.0. The SMILES string of the molecule is COC(=O)[C@H](Cc1cc2ccccc2n1[C@]12C[C@@H](C(=O)OC)N(C(=O)OC(C)(C)C)[C@H]1N(C(=O)OC(C)(C)C)c1ccccc12)N1C(=O)c2ccccc2C1=O. The summed E-state index contributed by atoms with van der Waals surface area (Å²) in [6, 6.07) is 19.9. The molecule has 14 nitrogen and oxygen atoms in total. The highest BCUT2D eigenvalue weighted by atomic mass is 16.6. The van der Waals surface area contributed by atoms with E-state index in [1.807, 2.05) is 41.0 Å². The molecule has 14 heteroatoms. The highest BCUT2D eigenvalue weighted by molar-refractivity contribution is 6.22. The molecule has 4 amide bonds. The molecule has 3 aliphatic rings. The summed E-state index contributed by atoms with van der Waals surface area (Å²) in [6.45, 7) is 10.3. The minimum Gasteiger partial charge on any atom is -0.467 e. The van der Waals surface area contributed by atoms with Crippen LogP contribution in [0.1, 0.15) is 79.9 Å². The maximum atomic E-state index is 14.5. The van der Waals surface area contributed by atoms with Gasteiger partial charge in [-0.1, -0.05) is 48.5 Å². The fourth-order valence-corrected chi connectivity index (χ4v) is 8.32. The summed E-state index contributed by atoms with van der Waals surface area (Å²) in [5.41, 5.74) is -1.07. The van der Waals surface area contributed by atoms with Crippen molar-refractivity contribution in [3.05, 3.63) is 101 Å². The molecule has 1 fully saturated rings. The lowest BCUT2D eigenvalue weighted by Crippen LogP contribution is -2.59. The normalized spacial score (nSPS) is 20.8. The maximum absolute atomic E-state index is 14.5. The number of fused-ring (bicyclic) bond motifs is 5. The smallest absolute Gasteiger partial charge is 0.416 e. The van der Waals surface area contributed by atoms with E-state index in [1.54, 1.807) is 71.9 Å². The molecular weight excluding hydrogens is 720 g/mol. The number of anilines is 1. The summed E-state index contributed by atoms with van der Waals surface area (Å²) < 4.78 is 24.4. The van der Waals surface area contributed by atoms with Crippen LogP contribution in [0.2, 0.25) is 0 Å². The molecule has 7 rings (SSSR count). The fourth-order valence-electron chi connectivity index (χ4n) is 8.32. The zero-order valence-electron chi connectivity index (χ0n) is 32.5. The van der Waals surface area contributed by atoms with Gasteiger partial charge in [0.25, 0.3) is 11.8 Å². The van der Waals surface area contributed by atoms with Crippen molar-refractivity contribution in [2.75, 3.05) is 19.1 Å². The Morgan fingerprint density at radius 1 is 0.768 bits per heavy atom. The van der Waals surface area contributed by atoms with E-state index < -0.39 is 70.9 Å². The van der Waals surface area contributed by atoms with E-state index in [0.29, 0.717) is 27.8 Å². The van der Waals surface area contributed by atoms with Crippen molar-refractivity contribution >= 4 is 52.5 Å².